The van der Waals surface area contributed by atoms with Crippen molar-refractivity contribution in [3.8, 4) is 0 Å². The Kier molecular flexibility index (Phi) is 11.1. The maximum atomic E-state index is 13.1. The minimum absolute atomic E-state index is 0.0242. The van der Waals surface area contributed by atoms with Crippen LogP contribution in [0.3, 0.4) is 0 Å². The molecule has 4 saturated carbocycles. The van der Waals surface area contributed by atoms with Gasteiger partial charge in [-0.05, 0) is 175 Å². The van der Waals surface area contributed by atoms with Gasteiger partial charge in [0, 0.05) is 27.6 Å². The van der Waals surface area contributed by atoms with E-state index in [9.17, 15) is 38.5 Å². The highest BCUT2D eigenvalue weighted by atomic mass is 32.3. The highest BCUT2D eigenvalue weighted by Crippen LogP contribution is 2.74. The Labute approximate surface area is 429 Å². The largest absolute Gasteiger partial charge is 0.397 e. The second-order valence-corrected chi connectivity index (χ2v) is 30.1. The van der Waals surface area contributed by atoms with E-state index in [2.05, 4.69) is 60.6 Å². The van der Waals surface area contributed by atoms with Gasteiger partial charge >= 0.3 is 10.4 Å². The Bertz CT molecular complexity index is 2500. The van der Waals surface area contributed by atoms with Crippen LogP contribution in [-0.2, 0) is 33.5 Å². The second-order valence-electron chi connectivity index (χ2n) is 29.0. The molecule has 0 aromatic carbocycles. The van der Waals surface area contributed by atoms with Gasteiger partial charge in [0.1, 0.15) is 12.2 Å². The number of hydrogen-bond acceptors (Lipinski definition) is 12. The Balaban J connectivity index is 0.788. The molecule has 0 radical (unpaired) electrons. The average Bonchev–Trinajstić information content (AvgIpc) is 3.86. The fraction of sp³-hybridized carbons (Fsp3) is 0.897. The van der Waals surface area contributed by atoms with Crippen molar-refractivity contribution in [1.29, 1.82) is 0 Å². The van der Waals surface area contributed by atoms with Crippen molar-refractivity contribution >= 4 is 10.4 Å². The third-order valence-corrected chi connectivity index (χ3v) is 25.5. The molecule has 14 rings (SSSR count). The van der Waals surface area contributed by atoms with E-state index >= 15 is 0 Å². The average molecular weight is 1030 g/mol. The molecule has 6 saturated heterocycles. The van der Waals surface area contributed by atoms with E-state index < -0.39 is 79.1 Å². The first-order valence-corrected chi connectivity index (χ1v) is 29.6. The minimum atomic E-state index is -4.83. The maximum Gasteiger partial charge on any atom is 0.397 e. The van der Waals surface area contributed by atoms with E-state index in [1.54, 1.807) is 0 Å². The maximum absolute atomic E-state index is 13.1. The number of aliphatic hydroxyl groups excluding tert-OH is 2. The number of allylic oxidation sites excluding steroid dienone is 1. The highest BCUT2D eigenvalue weighted by molar-refractivity contribution is 7.80. The standard InChI is InChI=1S/C58H88O13S/c1-31(35-15-16-42-52(35,10)22-19-43-55-28-45(60)57(62,68-30-55)48(3,4)41(55)20-23-56(42,43)61)12-17-46-53(11)26-33(50(7,8)71-53)24-39(69-46)32(2)36-13-14-37-34-25-40(70-72(64,65)66)47-49(5,6)58(63)44(59)27-54(47,29-67-58)38(34)18-21-51(36,37)9/h19-20,31-33,35-37,39-40,42,44-47,59-63H,12-18,21-30H2,1-11H3,(H,64,65,66)/t31-,32+,33-,35-,36-,37?,39-,40+,42?,44+,45+,46+,47?,51-,52-,53-,54+,55-,56+,57+,58+/m1/s1. The Morgan fingerprint density at radius 1 is 0.806 bits per heavy atom. The van der Waals surface area contributed by atoms with Crippen LogP contribution in [0.5, 0.6) is 0 Å². The first-order valence-electron chi connectivity index (χ1n) is 28.3. The summed E-state index contributed by atoms with van der Waals surface area (Å²) in [7, 11) is -4.83. The van der Waals surface area contributed by atoms with Crippen molar-refractivity contribution in [2.75, 3.05) is 13.2 Å². The van der Waals surface area contributed by atoms with Crippen LogP contribution >= 0.6 is 0 Å². The third-order valence-electron chi connectivity index (χ3n) is 25.0. The van der Waals surface area contributed by atoms with Crippen molar-refractivity contribution in [1.82, 2.24) is 0 Å². The SMILES string of the molecule is C[C@@H]([C@H]1CCC2C3=C(CC[C@@]21C)[C@@]12CO[C@@](O)([C@@H](O)C1)C(C)(C)C2[C@@H](OS(=O)(=O)O)C3)[C@H]1C[C@@H]2C[C@@](C)(OC2(C)C)[C@H](CC[C@@H](C)[C@H]2CCC3[C@@]4(O)CC=C5C(C)(C)[C@@]6(O)OC[C@@]5(C[C@@H]6O)C4=CC[C@@]32C)O1. The predicted molar refractivity (Wildman–Crippen MR) is 268 cm³/mol. The summed E-state index contributed by atoms with van der Waals surface area (Å²) < 4.78 is 68.1. The molecule has 13 nitrogen and oxygen atoms in total. The molecule has 0 aromatic rings. The normalized spacial score (nSPS) is 54.0. The van der Waals surface area contributed by atoms with Gasteiger partial charge in [-0.2, -0.15) is 8.42 Å². The van der Waals surface area contributed by atoms with Crippen LogP contribution in [0.2, 0.25) is 0 Å². The highest BCUT2D eigenvalue weighted by Gasteiger charge is 2.76. The van der Waals surface area contributed by atoms with Gasteiger partial charge in [-0.25, -0.2) is 4.18 Å². The molecule has 10 fully saturated rings. The lowest BCUT2D eigenvalue weighted by Crippen LogP contribution is -2.76. The molecule has 14 heteroatoms. The predicted octanol–water partition coefficient (Wildman–Crippen LogP) is 8.52. The summed E-state index contributed by atoms with van der Waals surface area (Å²) in [6.45, 7) is 24.6. The number of aliphatic hydroxyl groups is 5. The first-order chi connectivity index (χ1) is 33.3. The van der Waals surface area contributed by atoms with Crippen molar-refractivity contribution in [3.63, 3.8) is 0 Å². The zero-order valence-corrected chi connectivity index (χ0v) is 45.9. The van der Waals surface area contributed by atoms with Crippen LogP contribution in [0.1, 0.15) is 172 Å². The summed E-state index contributed by atoms with van der Waals surface area (Å²) in [4.78, 5) is 0. The van der Waals surface area contributed by atoms with Crippen molar-refractivity contribution in [2.24, 2.45) is 79.8 Å². The van der Waals surface area contributed by atoms with Crippen molar-refractivity contribution in [3.05, 3.63) is 34.4 Å². The zero-order chi connectivity index (χ0) is 51.8. The van der Waals surface area contributed by atoms with E-state index in [0.29, 0.717) is 42.9 Å². The minimum Gasteiger partial charge on any atom is -0.387 e. The van der Waals surface area contributed by atoms with Gasteiger partial charge in [-0.3, -0.25) is 4.55 Å². The van der Waals surface area contributed by atoms with E-state index in [1.165, 1.54) is 11.1 Å². The molecule has 6 heterocycles. The fourth-order valence-corrected chi connectivity index (χ4v) is 22.2. The molecule has 2 spiro atoms. The van der Waals surface area contributed by atoms with Gasteiger partial charge in [-0.1, -0.05) is 84.3 Å². The van der Waals surface area contributed by atoms with Gasteiger partial charge in [0.15, 0.2) is 5.79 Å². The second kappa shape index (κ2) is 15.5. The quantitative estimate of drug-likeness (QED) is 0.0999. The Morgan fingerprint density at radius 3 is 2.18 bits per heavy atom. The summed E-state index contributed by atoms with van der Waals surface area (Å²) in [5.41, 5.74) is -0.587. The number of hydrogen-bond donors (Lipinski definition) is 6. The van der Waals surface area contributed by atoms with E-state index in [-0.39, 0.29) is 66.0 Å². The lowest BCUT2D eigenvalue weighted by atomic mass is 9.42. The summed E-state index contributed by atoms with van der Waals surface area (Å²) >= 11 is 0. The Morgan fingerprint density at radius 2 is 1.49 bits per heavy atom. The molecule has 0 aromatic heterocycles. The van der Waals surface area contributed by atoms with E-state index in [0.717, 1.165) is 81.8 Å². The smallest absolute Gasteiger partial charge is 0.387 e. The molecule has 6 N–H and O–H groups in total. The molecule has 14 aliphatic rings. The summed E-state index contributed by atoms with van der Waals surface area (Å²) in [6, 6.07) is 0. The molecule has 6 bridgehead atoms. The number of rotatable bonds is 8. The van der Waals surface area contributed by atoms with Crippen LogP contribution < -0.4 is 0 Å². The topological polar surface area (TPSA) is 202 Å². The Hall–Kier alpha value is -1.27. The molecule has 6 aliphatic heterocycles. The van der Waals surface area contributed by atoms with Crippen LogP contribution in [0.25, 0.3) is 0 Å². The van der Waals surface area contributed by atoms with E-state index in [1.807, 2.05) is 27.7 Å². The van der Waals surface area contributed by atoms with Gasteiger partial charge in [0.25, 0.3) is 0 Å². The zero-order valence-electron chi connectivity index (χ0n) is 45.1. The fourth-order valence-electron chi connectivity index (χ4n) is 21.7. The van der Waals surface area contributed by atoms with Gasteiger partial charge in [-0.15, -0.1) is 0 Å². The summed E-state index contributed by atoms with van der Waals surface area (Å²) in [5, 5.41) is 59.3. The molecule has 21 atom stereocenters. The van der Waals surface area contributed by atoms with Gasteiger partial charge in [0.05, 0.1) is 48.3 Å². The lowest BCUT2D eigenvalue weighted by Gasteiger charge is -2.69. The summed E-state index contributed by atoms with van der Waals surface area (Å²) in [5.74, 6) is -2.05. The van der Waals surface area contributed by atoms with Crippen molar-refractivity contribution in [2.45, 2.75) is 231 Å². The molecule has 8 aliphatic carbocycles. The summed E-state index contributed by atoms with van der Waals surface area (Å²) in [6.07, 6.45) is 13.2. The molecule has 3 unspecified atom stereocenters. The molecule has 0 amide bonds. The monoisotopic (exact) mass is 1020 g/mol. The first kappa shape index (κ1) is 51.5. The van der Waals surface area contributed by atoms with Crippen LogP contribution in [0.4, 0.5) is 0 Å². The van der Waals surface area contributed by atoms with Gasteiger partial charge < -0.3 is 44.5 Å². The number of fused-ring (bicyclic) bond motifs is 11. The number of ether oxygens (including phenoxy) is 4. The van der Waals surface area contributed by atoms with Crippen molar-refractivity contribution < 1.29 is 61.6 Å². The molecular weight excluding hydrogens is 937 g/mol. The molecular formula is C58H88O13S. The van der Waals surface area contributed by atoms with Gasteiger partial charge in [0.2, 0.25) is 5.79 Å². The van der Waals surface area contributed by atoms with Crippen LogP contribution in [0.15, 0.2) is 34.4 Å². The lowest BCUT2D eigenvalue weighted by molar-refractivity contribution is -0.408. The van der Waals surface area contributed by atoms with Crippen LogP contribution in [0, 0.1) is 79.8 Å². The van der Waals surface area contributed by atoms with Crippen LogP contribution in [-0.4, -0.2) is 111 Å². The molecule has 72 heavy (non-hydrogen) atoms. The third kappa shape index (κ3) is 6.41. The molecule has 404 valence electrons. The van der Waals surface area contributed by atoms with E-state index in [4.69, 9.17) is 23.1 Å².